The molecule has 0 aliphatic rings. The van der Waals surface area contributed by atoms with E-state index < -0.39 is 10.9 Å². The molecule has 0 unspecified atom stereocenters. The molecule has 0 atom stereocenters. The molecule has 2 aromatic carbocycles. The summed E-state index contributed by atoms with van der Waals surface area (Å²) in [4.78, 5) is 24.2. The first kappa shape index (κ1) is 17.9. The summed E-state index contributed by atoms with van der Waals surface area (Å²) in [7, 11) is 0. The van der Waals surface area contributed by atoms with Crippen LogP contribution in [0, 0.1) is 24.0 Å². The molecule has 0 aliphatic carbocycles. The average molecular weight is 365 g/mol. The van der Waals surface area contributed by atoms with Crippen molar-refractivity contribution in [3.8, 4) is 5.75 Å². The smallest absolute Gasteiger partial charge is 0.364 e. The number of hydrogen-bond acceptors (Lipinski definition) is 7. The van der Waals surface area contributed by atoms with E-state index in [9.17, 15) is 14.9 Å². The molecule has 3 aromatic rings. The Balaban J connectivity index is 1.94. The van der Waals surface area contributed by atoms with Crippen LogP contribution >= 0.6 is 0 Å². The van der Waals surface area contributed by atoms with Gasteiger partial charge in [0.25, 0.3) is 5.69 Å². The summed E-state index contributed by atoms with van der Waals surface area (Å²) in [5, 5.41) is 22.8. The van der Waals surface area contributed by atoms with Crippen molar-refractivity contribution in [1.29, 1.82) is 0 Å². The molecule has 0 amide bonds. The predicted molar refractivity (Wildman–Crippen MR) is 96.6 cm³/mol. The Bertz CT molecular complexity index is 1010. The van der Waals surface area contributed by atoms with Gasteiger partial charge in [-0.25, -0.2) is 4.79 Å². The predicted octanol–water partition coefficient (Wildman–Crippen LogP) is 2.66. The fraction of sp³-hybridized carbons (Fsp3) is 0.111. The summed E-state index contributed by atoms with van der Waals surface area (Å²) in [5.41, 5.74) is 1.85. The summed E-state index contributed by atoms with van der Waals surface area (Å²) < 4.78 is 5.33. The van der Waals surface area contributed by atoms with Gasteiger partial charge in [0.15, 0.2) is 5.71 Å². The largest absolute Gasteiger partial charge is 0.422 e. The highest BCUT2D eigenvalue weighted by Gasteiger charge is 2.19. The fourth-order valence-electron chi connectivity index (χ4n) is 2.19. The summed E-state index contributed by atoms with van der Waals surface area (Å²) >= 11 is 0. The molecule has 0 aliphatic heterocycles. The third kappa shape index (κ3) is 4.03. The first-order valence-electron chi connectivity index (χ1n) is 7.95. The molecule has 9 nitrogen and oxygen atoms in total. The van der Waals surface area contributed by atoms with E-state index in [0.717, 1.165) is 0 Å². The Labute approximate surface area is 154 Å². The summed E-state index contributed by atoms with van der Waals surface area (Å²) in [6, 6.07) is 14.0. The number of benzene rings is 2. The van der Waals surface area contributed by atoms with Gasteiger partial charge in [-0.15, -0.1) is 15.0 Å². The number of esters is 1. The molecule has 0 bridgehead atoms. The number of nitro groups is 1. The lowest BCUT2D eigenvalue weighted by Crippen LogP contribution is -2.23. The number of carbonyl (C=O) groups excluding carboxylic acids is 1. The zero-order chi connectivity index (χ0) is 19.4. The molecule has 3 rings (SSSR count). The van der Waals surface area contributed by atoms with Crippen LogP contribution in [-0.4, -0.2) is 31.7 Å². The van der Waals surface area contributed by atoms with Crippen molar-refractivity contribution in [2.24, 2.45) is 5.10 Å². The van der Waals surface area contributed by atoms with Crippen LogP contribution in [0.25, 0.3) is 0 Å². The molecule has 0 saturated heterocycles. The van der Waals surface area contributed by atoms with E-state index in [2.05, 4.69) is 15.4 Å². The Kier molecular flexibility index (Phi) is 5.02. The van der Waals surface area contributed by atoms with E-state index in [1.54, 1.807) is 38.1 Å². The number of hydrogen-bond donors (Lipinski definition) is 0. The molecule has 1 heterocycles. The molecule has 1 aromatic heterocycles. The van der Waals surface area contributed by atoms with E-state index in [4.69, 9.17) is 4.74 Å². The van der Waals surface area contributed by atoms with E-state index in [-0.39, 0.29) is 17.1 Å². The number of nitrogens with zero attached hydrogens (tertiary/aromatic N) is 5. The molecule has 0 N–H and O–H groups in total. The standard InChI is InChI=1S/C18H15N5O4/c1-12-13(2)22(21-19-12)20-17(14-6-4-3-5-7-14)18(24)27-16-10-8-15(9-11-16)23(25)26/h3-11H,1-2H3/b20-17+. The number of rotatable bonds is 5. The van der Waals surface area contributed by atoms with Crippen LogP contribution in [0.5, 0.6) is 5.75 Å². The topological polar surface area (TPSA) is 113 Å². The zero-order valence-corrected chi connectivity index (χ0v) is 14.6. The summed E-state index contributed by atoms with van der Waals surface area (Å²) in [5.74, 6) is -0.552. The third-order valence-electron chi connectivity index (χ3n) is 3.80. The number of aryl methyl sites for hydroxylation is 1. The van der Waals surface area contributed by atoms with Gasteiger partial charge < -0.3 is 4.74 Å². The number of nitro benzene ring substituents is 1. The van der Waals surface area contributed by atoms with Gasteiger partial charge in [0, 0.05) is 17.7 Å². The second-order valence-corrected chi connectivity index (χ2v) is 5.60. The highest BCUT2D eigenvalue weighted by molar-refractivity contribution is 6.43. The average Bonchev–Trinajstić information content (AvgIpc) is 2.99. The maximum absolute atomic E-state index is 12.7. The van der Waals surface area contributed by atoms with Crippen molar-refractivity contribution in [1.82, 2.24) is 15.1 Å². The Morgan fingerprint density at radius 2 is 1.78 bits per heavy atom. The van der Waals surface area contributed by atoms with Crippen LogP contribution in [-0.2, 0) is 4.79 Å². The first-order chi connectivity index (χ1) is 13.0. The van der Waals surface area contributed by atoms with E-state index in [0.29, 0.717) is 17.0 Å². The van der Waals surface area contributed by atoms with Gasteiger partial charge in [0.1, 0.15) is 5.75 Å². The molecule has 0 saturated carbocycles. The van der Waals surface area contributed by atoms with Gasteiger partial charge in [-0.2, -0.15) is 0 Å². The molecule has 0 radical (unpaired) electrons. The van der Waals surface area contributed by atoms with Gasteiger partial charge in [-0.1, -0.05) is 30.3 Å². The van der Waals surface area contributed by atoms with Gasteiger partial charge in [-0.05, 0) is 31.2 Å². The van der Waals surface area contributed by atoms with Crippen molar-refractivity contribution in [2.45, 2.75) is 13.8 Å². The lowest BCUT2D eigenvalue weighted by Gasteiger charge is -2.07. The Morgan fingerprint density at radius 1 is 1.11 bits per heavy atom. The highest BCUT2D eigenvalue weighted by Crippen LogP contribution is 2.18. The monoisotopic (exact) mass is 365 g/mol. The van der Waals surface area contributed by atoms with Gasteiger partial charge >= 0.3 is 5.97 Å². The van der Waals surface area contributed by atoms with Crippen molar-refractivity contribution in [3.63, 3.8) is 0 Å². The van der Waals surface area contributed by atoms with Crippen LogP contribution in [0.3, 0.4) is 0 Å². The number of ether oxygens (including phenoxy) is 1. The minimum Gasteiger partial charge on any atom is -0.422 e. The van der Waals surface area contributed by atoms with Crippen molar-refractivity contribution < 1.29 is 14.5 Å². The normalized spacial score (nSPS) is 11.3. The second-order valence-electron chi connectivity index (χ2n) is 5.60. The first-order valence-corrected chi connectivity index (χ1v) is 7.95. The number of non-ortho nitro benzene ring substituents is 1. The third-order valence-corrected chi connectivity index (χ3v) is 3.80. The van der Waals surface area contributed by atoms with E-state index in [1.165, 1.54) is 29.1 Å². The number of aromatic nitrogens is 3. The second kappa shape index (κ2) is 7.56. The van der Waals surface area contributed by atoms with E-state index >= 15 is 0 Å². The Hall–Kier alpha value is -3.88. The fourth-order valence-corrected chi connectivity index (χ4v) is 2.19. The molecule has 0 fully saturated rings. The van der Waals surface area contributed by atoms with Crippen molar-refractivity contribution >= 4 is 17.4 Å². The van der Waals surface area contributed by atoms with Crippen molar-refractivity contribution in [3.05, 3.63) is 81.7 Å². The lowest BCUT2D eigenvalue weighted by molar-refractivity contribution is -0.384. The minimum absolute atomic E-state index is 0.0296. The molecule has 136 valence electrons. The Morgan fingerprint density at radius 3 is 2.33 bits per heavy atom. The van der Waals surface area contributed by atoms with Crippen LogP contribution in [0.1, 0.15) is 17.0 Å². The van der Waals surface area contributed by atoms with Gasteiger partial charge in [0.05, 0.1) is 16.3 Å². The number of carbonyl (C=O) groups is 1. The maximum atomic E-state index is 12.7. The van der Waals surface area contributed by atoms with Crippen LogP contribution in [0.2, 0.25) is 0 Å². The lowest BCUT2D eigenvalue weighted by atomic mass is 10.1. The van der Waals surface area contributed by atoms with Crippen LogP contribution in [0.4, 0.5) is 5.69 Å². The van der Waals surface area contributed by atoms with Crippen LogP contribution < -0.4 is 4.74 Å². The molecule has 27 heavy (non-hydrogen) atoms. The zero-order valence-electron chi connectivity index (χ0n) is 14.6. The molecular weight excluding hydrogens is 350 g/mol. The molecule has 0 spiro atoms. The maximum Gasteiger partial charge on any atom is 0.364 e. The minimum atomic E-state index is -0.720. The summed E-state index contributed by atoms with van der Waals surface area (Å²) in [6.45, 7) is 3.56. The highest BCUT2D eigenvalue weighted by atomic mass is 16.6. The van der Waals surface area contributed by atoms with E-state index in [1.807, 2.05) is 6.07 Å². The SMILES string of the molecule is Cc1nnn(/N=C(/C(=O)Oc2ccc([N+](=O)[O-])cc2)c2ccccc2)c1C. The van der Waals surface area contributed by atoms with Gasteiger partial charge in [-0.3, -0.25) is 10.1 Å². The van der Waals surface area contributed by atoms with Crippen LogP contribution in [0.15, 0.2) is 59.7 Å². The quantitative estimate of drug-likeness (QED) is 0.226. The summed E-state index contributed by atoms with van der Waals surface area (Å²) in [6.07, 6.45) is 0. The van der Waals surface area contributed by atoms with Gasteiger partial charge in [0.2, 0.25) is 0 Å². The molecular formula is C18H15N5O4. The molecule has 9 heteroatoms. The van der Waals surface area contributed by atoms with Crippen molar-refractivity contribution in [2.75, 3.05) is 0 Å².